The summed E-state index contributed by atoms with van der Waals surface area (Å²) in [5.74, 6) is 0. The molecule has 1 aliphatic heterocycles. The van der Waals surface area contributed by atoms with Gasteiger partial charge in [-0.15, -0.1) is 0 Å². The highest BCUT2D eigenvalue weighted by Crippen LogP contribution is 2.47. The Bertz CT molecular complexity index is 1630. The molecule has 6 rings (SSSR count). The van der Waals surface area contributed by atoms with Crippen LogP contribution in [0.25, 0.3) is 0 Å². The number of benzene rings is 1. The lowest BCUT2D eigenvalue weighted by Gasteiger charge is -2.35. The minimum absolute atomic E-state index is 0.123. The molecule has 232 valence electrons. The van der Waals surface area contributed by atoms with Gasteiger partial charge in [-0.3, -0.25) is 0 Å². The summed E-state index contributed by atoms with van der Waals surface area (Å²) in [5.41, 5.74) is 17.4. The first-order valence-corrected chi connectivity index (χ1v) is 16.9. The van der Waals surface area contributed by atoms with Crippen LogP contribution in [0.1, 0.15) is 138 Å². The molecule has 6 N–H and O–H groups in total. The molecule has 4 aromatic heterocycles. The maximum atomic E-state index is 6.41. The Morgan fingerprint density at radius 3 is 1.05 bits per heavy atom. The predicted molar refractivity (Wildman–Crippen MR) is 184 cm³/mol. The molecule has 8 bridgehead atoms. The van der Waals surface area contributed by atoms with Crippen LogP contribution in [0.4, 0.5) is 5.69 Å². The predicted octanol–water partition coefficient (Wildman–Crippen LogP) is 9.57. The van der Waals surface area contributed by atoms with Crippen molar-refractivity contribution in [2.45, 2.75) is 109 Å². The van der Waals surface area contributed by atoms with Crippen LogP contribution in [0.3, 0.4) is 0 Å². The van der Waals surface area contributed by atoms with E-state index in [1.165, 1.54) is 34.2 Å². The Hall–Kier alpha value is -3.86. The van der Waals surface area contributed by atoms with E-state index in [9.17, 15) is 0 Å². The molecule has 0 atom stereocenters. The summed E-state index contributed by atoms with van der Waals surface area (Å²) in [5, 5.41) is 0. The fourth-order valence-corrected chi connectivity index (χ4v) is 8.62. The van der Waals surface area contributed by atoms with Gasteiger partial charge in [0.2, 0.25) is 0 Å². The standard InChI is InChI=1S/C39H51N5/c1-8-37(9-2)30-19-17-28(41-30)36(7,26-15-14-16-27(40)25-26)29-18-20-31(42-29)38(10-3,11-4)33-22-24-35(44-33)39(12-5,13-6)34-23-21-32(37)43-34/h14-25,41-44H,8-13,40H2,1-7H3. The molecular formula is C39H51N5. The lowest BCUT2D eigenvalue weighted by molar-refractivity contribution is 0.424. The smallest absolute Gasteiger partial charge is 0.0724 e. The highest BCUT2D eigenvalue weighted by atomic mass is 14.9. The van der Waals surface area contributed by atoms with Crippen LogP contribution >= 0.6 is 0 Å². The van der Waals surface area contributed by atoms with E-state index in [1.54, 1.807) is 0 Å². The molecule has 5 heteroatoms. The van der Waals surface area contributed by atoms with Crippen LogP contribution in [0.2, 0.25) is 0 Å². The van der Waals surface area contributed by atoms with Gasteiger partial charge in [-0.05, 0) is 112 Å². The minimum Gasteiger partial charge on any atom is -0.399 e. The van der Waals surface area contributed by atoms with Crippen LogP contribution in [0.5, 0.6) is 0 Å². The van der Waals surface area contributed by atoms with Gasteiger partial charge < -0.3 is 25.7 Å². The van der Waals surface area contributed by atoms with Gasteiger partial charge in [0.05, 0.1) is 5.41 Å². The SMILES string of the molecule is CCC1(CC)c2ccc([nH]2)C(CC)(CC)c2ccc([nH]2)C(C)(c2cccc(N)c2)c2ccc([nH]2)C(CC)(CC)c2ccc1[nH]2. The third-order valence-corrected chi connectivity index (χ3v) is 12.0. The van der Waals surface area contributed by atoms with Crippen LogP contribution in [-0.4, -0.2) is 19.9 Å². The first kappa shape index (κ1) is 30.2. The van der Waals surface area contributed by atoms with Crippen LogP contribution in [0.15, 0.2) is 72.8 Å². The average molecular weight is 590 g/mol. The van der Waals surface area contributed by atoms with E-state index in [0.29, 0.717) is 0 Å². The molecule has 5 aromatic rings. The van der Waals surface area contributed by atoms with E-state index < -0.39 is 5.41 Å². The number of hydrogen-bond acceptors (Lipinski definition) is 1. The number of nitrogens with one attached hydrogen (secondary N) is 4. The Labute approximate surface area is 263 Å². The number of anilines is 1. The third kappa shape index (κ3) is 4.04. The number of fused-ring (bicyclic) bond motifs is 8. The fraction of sp³-hybridized carbons (Fsp3) is 0.436. The zero-order valence-corrected chi connectivity index (χ0v) is 27.7. The van der Waals surface area contributed by atoms with E-state index >= 15 is 0 Å². The third-order valence-electron chi connectivity index (χ3n) is 12.0. The van der Waals surface area contributed by atoms with E-state index in [2.05, 4.69) is 135 Å². The summed E-state index contributed by atoms with van der Waals surface area (Å²) in [7, 11) is 0. The Morgan fingerprint density at radius 2 is 0.750 bits per heavy atom. The Morgan fingerprint density at radius 1 is 0.455 bits per heavy atom. The maximum absolute atomic E-state index is 6.41. The highest BCUT2D eigenvalue weighted by molar-refractivity contribution is 5.53. The van der Waals surface area contributed by atoms with E-state index in [0.717, 1.165) is 61.2 Å². The van der Waals surface area contributed by atoms with Gasteiger partial charge in [0, 0.05) is 67.5 Å². The minimum atomic E-state index is -0.467. The van der Waals surface area contributed by atoms with Crippen molar-refractivity contribution in [2.75, 3.05) is 5.73 Å². The zero-order chi connectivity index (χ0) is 31.3. The molecule has 0 fully saturated rings. The molecule has 0 amide bonds. The van der Waals surface area contributed by atoms with Crippen molar-refractivity contribution in [2.24, 2.45) is 0 Å². The molecule has 5 heterocycles. The summed E-state index contributed by atoms with van der Waals surface area (Å²) >= 11 is 0. The Balaban J connectivity index is 1.70. The van der Waals surface area contributed by atoms with Crippen LogP contribution in [-0.2, 0) is 21.7 Å². The van der Waals surface area contributed by atoms with E-state index in [-0.39, 0.29) is 16.2 Å². The molecule has 5 nitrogen and oxygen atoms in total. The normalized spacial score (nSPS) is 17.9. The van der Waals surface area contributed by atoms with Gasteiger partial charge in [-0.25, -0.2) is 0 Å². The second kappa shape index (κ2) is 10.9. The topological polar surface area (TPSA) is 89.2 Å². The van der Waals surface area contributed by atoms with Gasteiger partial charge >= 0.3 is 0 Å². The lowest BCUT2D eigenvalue weighted by Crippen LogP contribution is -2.32. The molecule has 0 saturated carbocycles. The first-order chi connectivity index (χ1) is 21.2. The van der Waals surface area contributed by atoms with E-state index in [1.807, 2.05) is 6.07 Å². The van der Waals surface area contributed by atoms with Crippen molar-refractivity contribution >= 4 is 5.69 Å². The van der Waals surface area contributed by atoms with Gasteiger partial charge in [-0.2, -0.15) is 0 Å². The molecule has 0 aliphatic carbocycles. The van der Waals surface area contributed by atoms with Crippen molar-refractivity contribution in [1.29, 1.82) is 0 Å². The van der Waals surface area contributed by atoms with E-state index in [4.69, 9.17) is 5.73 Å². The summed E-state index contributed by atoms with van der Waals surface area (Å²) in [4.78, 5) is 16.1. The zero-order valence-electron chi connectivity index (χ0n) is 27.7. The number of hydrogen-bond donors (Lipinski definition) is 5. The number of nitrogens with two attached hydrogens (primary N) is 1. The fourth-order valence-electron chi connectivity index (χ4n) is 8.62. The summed E-state index contributed by atoms with van der Waals surface area (Å²) in [6.45, 7) is 16.2. The van der Waals surface area contributed by atoms with Gasteiger partial charge in [0.1, 0.15) is 0 Å². The van der Waals surface area contributed by atoms with Crippen LogP contribution in [0, 0.1) is 0 Å². The largest absolute Gasteiger partial charge is 0.399 e. The molecule has 44 heavy (non-hydrogen) atoms. The molecule has 0 radical (unpaired) electrons. The van der Waals surface area contributed by atoms with Crippen molar-refractivity contribution in [3.05, 3.63) is 124 Å². The number of nitrogen functional groups attached to an aromatic ring is 1. The van der Waals surface area contributed by atoms with Gasteiger partial charge in [-0.1, -0.05) is 53.7 Å². The average Bonchev–Trinajstić information content (AvgIpc) is 3.88. The summed E-state index contributed by atoms with van der Waals surface area (Å²) in [6, 6.07) is 27.0. The van der Waals surface area contributed by atoms with Crippen molar-refractivity contribution in [3.63, 3.8) is 0 Å². The second-order valence-electron chi connectivity index (χ2n) is 13.3. The lowest BCUT2D eigenvalue weighted by atomic mass is 9.75. The number of aromatic nitrogens is 4. The molecular weight excluding hydrogens is 538 g/mol. The van der Waals surface area contributed by atoms with Gasteiger partial charge in [0.15, 0.2) is 0 Å². The van der Waals surface area contributed by atoms with Crippen molar-refractivity contribution in [1.82, 2.24) is 19.9 Å². The monoisotopic (exact) mass is 589 g/mol. The van der Waals surface area contributed by atoms with Crippen molar-refractivity contribution in [3.8, 4) is 0 Å². The van der Waals surface area contributed by atoms with Crippen molar-refractivity contribution < 1.29 is 0 Å². The van der Waals surface area contributed by atoms with Crippen LogP contribution < -0.4 is 5.73 Å². The summed E-state index contributed by atoms with van der Waals surface area (Å²) < 4.78 is 0. The number of H-pyrrole nitrogens is 4. The quantitative estimate of drug-likeness (QED) is 0.120. The molecule has 1 aromatic carbocycles. The number of rotatable bonds is 7. The Kier molecular flexibility index (Phi) is 7.50. The highest BCUT2D eigenvalue weighted by Gasteiger charge is 2.43. The van der Waals surface area contributed by atoms with Gasteiger partial charge in [0.25, 0.3) is 0 Å². The maximum Gasteiger partial charge on any atom is 0.0724 e. The summed E-state index contributed by atoms with van der Waals surface area (Å²) in [6.07, 6.45) is 5.96. The molecule has 0 unspecified atom stereocenters. The first-order valence-electron chi connectivity index (χ1n) is 16.9. The molecule has 0 spiro atoms. The number of aromatic amines is 4. The molecule has 0 saturated heterocycles. The molecule has 1 aliphatic rings. The second-order valence-corrected chi connectivity index (χ2v) is 13.3.